The molecule has 0 unspecified atom stereocenters. The van der Waals surface area contributed by atoms with E-state index in [2.05, 4.69) is 0 Å². The molecule has 23 heavy (non-hydrogen) atoms. The summed E-state index contributed by atoms with van der Waals surface area (Å²) in [5.41, 5.74) is -0.677. The van der Waals surface area contributed by atoms with Crippen molar-refractivity contribution in [3.05, 3.63) is 62.3 Å². The van der Waals surface area contributed by atoms with Crippen LogP contribution in [0.4, 0.5) is 0 Å². The summed E-state index contributed by atoms with van der Waals surface area (Å²) in [4.78, 5) is 24.7. The van der Waals surface area contributed by atoms with Crippen molar-refractivity contribution < 1.29 is 4.42 Å². The minimum atomic E-state index is -0.567. The van der Waals surface area contributed by atoms with Gasteiger partial charge in [-0.3, -0.25) is 19.3 Å². The molecule has 0 bridgehead atoms. The summed E-state index contributed by atoms with van der Waals surface area (Å²) in [5, 5.41) is 17.4. The molecule has 0 fully saturated rings. The van der Waals surface area contributed by atoms with Crippen LogP contribution in [-0.2, 0) is 14.1 Å². The summed E-state index contributed by atoms with van der Waals surface area (Å²) in [5.74, 6) is 0. The number of benzene rings is 1. The van der Waals surface area contributed by atoms with Crippen molar-refractivity contribution in [2.75, 3.05) is 0 Å². The zero-order chi connectivity index (χ0) is 16.7. The maximum atomic E-state index is 12.6. The molecule has 0 amide bonds. The van der Waals surface area contributed by atoms with Gasteiger partial charge in [0.05, 0.1) is 0 Å². The van der Waals surface area contributed by atoms with Crippen LogP contribution in [0.3, 0.4) is 0 Å². The number of nitriles is 1. The Morgan fingerprint density at radius 3 is 2.39 bits per heavy atom. The minimum absolute atomic E-state index is 0.0269. The van der Waals surface area contributed by atoms with Crippen molar-refractivity contribution in [3.63, 3.8) is 0 Å². The molecule has 2 heterocycles. The molecule has 0 radical (unpaired) electrons. The van der Waals surface area contributed by atoms with Gasteiger partial charge < -0.3 is 4.42 Å². The third-order valence-corrected chi connectivity index (χ3v) is 3.71. The molecule has 0 aliphatic carbocycles. The summed E-state index contributed by atoms with van der Waals surface area (Å²) >= 11 is 0. The Balaban J connectivity index is 2.72. The Morgan fingerprint density at radius 2 is 1.78 bits per heavy atom. The Morgan fingerprint density at radius 1 is 1.13 bits per heavy atom. The van der Waals surface area contributed by atoms with E-state index in [0.717, 1.165) is 9.13 Å². The predicted octanol–water partition coefficient (Wildman–Crippen LogP) is 0.848. The van der Waals surface area contributed by atoms with Crippen molar-refractivity contribution in [2.45, 2.75) is 0 Å². The fraction of sp³-hybridized carbons (Fsp3) is 0.125. The first-order valence-electron chi connectivity index (χ1n) is 6.74. The molecule has 7 heteroatoms. The molecular formula is C16H12N4O3. The van der Waals surface area contributed by atoms with Crippen molar-refractivity contribution in [1.82, 2.24) is 9.13 Å². The maximum absolute atomic E-state index is 12.6. The van der Waals surface area contributed by atoms with E-state index in [1.165, 1.54) is 14.1 Å². The first-order valence-corrected chi connectivity index (χ1v) is 6.74. The van der Waals surface area contributed by atoms with Gasteiger partial charge in [-0.05, 0) is 5.56 Å². The van der Waals surface area contributed by atoms with Crippen molar-refractivity contribution in [2.24, 2.45) is 14.1 Å². The van der Waals surface area contributed by atoms with Gasteiger partial charge in [0, 0.05) is 19.7 Å². The number of aromatic nitrogens is 2. The lowest BCUT2D eigenvalue weighted by molar-refractivity contribution is 0.495. The van der Waals surface area contributed by atoms with Gasteiger partial charge in [0.25, 0.3) is 5.56 Å². The van der Waals surface area contributed by atoms with Crippen LogP contribution in [0.15, 0.2) is 44.3 Å². The third-order valence-electron chi connectivity index (χ3n) is 3.71. The number of rotatable bonds is 1. The standard InChI is InChI=1S/C16H12N4O3/c1-19-14(21)12-11(9-6-4-3-5-7-9)10(8-17)13(18)23-15(12)20(2)16(19)22/h3-7,18H,1-2H3. The molecule has 7 nitrogen and oxygen atoms in total. The fourth-order valence-electron chi connectivity index (χ4n) is 2.55. The molecule has 3 aromatic rings. The first-order chi connectivity index (χ1) is 11.0. The first kappa shape index (κ1) is 14.5. The number of fused-ring (bicyclic) bond motifs is 1. The summed E-state index contributed by atoms with van der Waals surface area (Å²) < 4.78 is 7.40. The van der Waals surface area contributed by atoms with Crippen LogP contribution in [-0.4, -0.2) is 9.13 Å². The van der Waals surface area contributed by atoms with Gasteiger partial charge in [0.15, 0.2) is 0 Å². The Kier molecular flexibility index (Phi) is 3.22. The molecule has 0 saturated carbocycles. The molecule has 0 aliphatic rings. The quantitative estimate of drug-likeness (QED) is 0.719. The molecule has 0 atom stereocenters. The van der Waals surface area contributed by atoms with Crippen LogP contribution in [0.25, 0.3) is 22.2 Å². The molecule has 2 aromatic heterocycles. The van der Waals surface area contributed by atoms with Gasteiger partial charge in [-0.2, -0.15) is 5.26 Å². The lowest BCUT2D eigenvalue weighted by atomic mass is 9.99. The van der Waals surface area contributed by atoms with Gasteiger partial charge in [0.2, 0.25) is 11.3 Å². The number of nitrogens with zero attached hydrogens (tertiary/aromatic N) is 3. The monoisotopic (exact) mass is 308 g/mol. The molecule has 0 aliphatic heterocycles. The normalized spacial score (nSPS) is 10.7. The van der Waals surface area contributed by atoms with E-state index in [1.807, 2.05) is 6.07 Å². The van der Waals surface area contributed by atoms with Crippen LogP contribution in [0.2, 0.25) is 0 Å². The summed E-state index contributed by atoms with van der Waals surface area (Å²) in [6, 6.07) is 10.7. The molecule has 3 rings (SSSR count). The lowest BCUT2D eigenvalue weighted by Gasteiger charge is -2.11. The van der Waals surface area contributed by atoms with Gasteiger partial charge in [-0.1, -0.05) is 30.3 Å². The molecule has 0 saturated heterocycles. The zero-order valence-corrected chi connectivity index (χ0v) is 12.5. The van der Waals surface area contributed by atoms with E-state index in [9.17, 15) is 14.9 Å². The Labute approximate surface area is 129 Å². The number of aryl methyl sites for hydroxylation is 1. The summed E-state index contributed by atoms with van der Waals surface area (Å²) in [6.45, 7) is 0. The highest BCUT2D eigenvalue weighted by Gasteiger charge is 2.20. The lowest BCUT2D eigenvalue weighted by Crippen LogP contribution is -2.37. The van der Waals surface area contributed by atoms with E-state index < -0.39 is 11.2 Å². The molecule has 0 spiro atoms. The van der Waals surface area contributed by atoms with Crippen LogP contribution >= 0.6 is 0 Å². The second-order valence-electron chi connectivity index (χ2n) is 5.04. The second-order valence-corrected chi connectivity index (χ2v) is 5.04. The van der Waals surface area contributed by atoms with Gasteiger partial charge in [0.1, 0.15) is 17.0 Å². The molecule has 114 valence electrons. The summed E-state index contributed by atoms with van der Waals surface area (Å²) in [6.07, 6.45) is 0. The van der Waals surface area contributed by atoms with Crippen molar-refractivity contribution in [3.8, 4) is 17.2 Å². The zero-order valence-electron chi connectivity index (χ0n) is 12.5. The van der Waals surface area contributed by atoms with E-state index >= 15 is 0 Å². The Bertz CT molecular complexity index is 1140. The van der Waals surface area contributed by atoms with E-state index in [1.54, 1.807) is 30.3 Å². The average molecular weight is 308 g/mol. The highest BCUT2D eigenvalue weighted by Crippen LogP contribution is 2.27. The smallest absolute Gasteiger partial charge is 0.333 e. The van der Waals surface area contributed by atoms with Crippen LogP contribution in [0.1, 0.15) is 5.56 Å². The van der Waals surface area contributed by atoms with Crippen LogP contribution in [0.5, 0.6) is 0 Å². The van der Waals surface area contributed by atoms with Crippen molar-refractivity contribution >= 4 is 11.1 Å². The third kappa shape index (κ3) is 2.00. The minimum Gasteiger partial charge on any atom is -0.421 e. The summed E-state index contributed by atoms with van der Waals surface area (Å²) in [7, 11) is 2.81. The van der Waals surface area contributed by atoms with Gasteiger partial charge in [-0.15, -0.1) is 0 Å². The average Bonchev–Trinajstić information content (AvgIpc) is 2.57. The number of nitrogens with one attached hydrogen (secondary N) is 1. The molecular weight excluding hydrogens is 296 g/mol. The van der Waals surface area contributed by atoms with Gasteiger partial charge >= 0.3 is 5.69 Å². The largest absolute Gasteiger partial charge is 0.421 e. The molecule has 1 N–H and O–H groups in total. The Hall–Kier alpha value is -3.40. The van der Waals surface area contributed by atoms with Gasteiger partial charge in [-0.25, -0.2) is 4.79 Å². The van der Waals surface area contributed by atoms with E-state index in [0.29, 0.717) is 11.1 Å². The number of hydrogen-bond acceptors (Lipinski definition) is 5. The SMILES string of the molecule is Cn1c(=O)c2c(-c3ccccc3)c(C#N)c(=N)oc2n(C)c1=O. The topological polar surface area (TPSA) is 105 Å². The highest BCUT2D eigenvalue weighted by atomic mass is 16.3. The van der Waals surface area contributed by atoms with Crippen molar-refractivity contribution in [1.29, 1.82) is 10.7 Å². The maximum Gasteiger partial charge on any atom is 0.333 e. The highest BCUT2D eigenvalue weighted by molar-refractivity contribution is 5.93. The van der Waals surface area contributed by atoms with Crippen LogP contribution < -0.4 is 16.8 Å². The number of hydrogen-bond donors (Lipinski definition) is 1. The van der Waals surface area contributed by atoms with E-state index in [-0.39, 0.29) is 22.2 Å². The fourth-order valence-corrected chi connectivity index (χ4v) is 2.55. The second kappa shape index (κ2) is 5.10. The van der Waals surface area contributed by atoms with E-state index in [4.69, 9.17) is 9.83 Å². The van der Waals surface area contributed by atoms with Crippen LogP contribution in [0, 0.1) is 16.7 Å². The predicted molar refractivity (Wildman–Crippen MR) is 82.7 cm³/mol. The molecule has 1 aromatic carbocycles.